The van der Waals surface area contributed by atoms with E-state index >= 15 is 0 Å². The van der Waals surface area contributed by atoms with Crippen LogP contribution in [0.2, 0.25) is 0 Å². The predicted octanol–water partition coefficient (Wildman–Crippen LogP) is 3.48. The number of hydrogen-bond acceptors (Lipinski definition) is 11. The van der Waals surface area contributed by atoms with Gasteiger partial charge in [0.2, 0.25) is 0 Å². The zero-order valence-electron chi connectivity index (χ0n) is 25.6. The third-order valence-corrected chi connectivity index (χ3v) is 8.30. The first kappa shape index (κ1) is 30.4. The van der Waals surface area contributed by atoms with Crippen LogP contribution in [0.5, 0.6) is 0 Å². The van der Waals surface area contributed by atoms with Crippen LogP contribution in [0, 0.1) is 17.7 Å². The number of fused-ring (bicyclic) bond motifs is 2. The van der Waals surface area contributed by atoms with Gasteiger partial charge in [0.25, 0.3) is 5.91 Å². The average Bonchev–Trinajstić information content (AvgIpc) is 3.22. The maximum atomic E-state index is 14.9. The number of nitrogens with one attached hydrogen (secondary N) is 2. The Balaban J connectivity index is 1.19. The number of carbonyl (C=O) groups excluding carboxylic acids is 2. The van der Waals surface area contributed by atoms with Crippen molar-refractivity contribution in [2.75, 3.05) is 60.2 Å². The van der Waals surface area contributed by atoms with E-state index < -0.39 is 23.4 Å². The Kier molecular flexibility index (Phi) is 8.40. The molecule has 2 bridgehead atoms. The number of anilines is 4. The Morgan fingerprint density at radius 3 is 2.49 bits per heavy atom. The standard InChI is InChI=1S/C31H38FN9O4/c1-31(2,3)45-30(43)38-24-18-6-7-19(24)17-41(16-18)22-5-4-10-34-28(22)39-29(42)26-27(33)35-15-21(36-26)25-20(32)8-9-23(37-25)40-11-13-44-14-12-40/h4-5,8-10,15,18-19,24H,6-7,11-14,16-17H2,1-3H3,(H2,33,35)(H,38,43)(H,34,39,42)/t18-,19+,24?. The van der Waals surface area contributed by atoms with Crippen LogP contribution in [0.3, 0.4) is 0 Å². The molecule has 6 rings (SSSR count). The van der Waals surface area contributed by atoms with Gasteiger partial charge in [-0.1, -0.05) is 0 Å². The van der Waals surface area contributed by atoms with Gasteiger partial charge < -0.3 is 35.6 Å². The zero-order chi connectivity index (χ0) is 31.7. The minimum absolute atomic E-state index is 0.0133. The number of piperidine rings is 1. The van der Waals surface area contributed by atoms with E-state index in [1.165, 1.54) is 12.3 Å². The van der Waals surface area contributed by atoms with Crippen LogP contribution in [-0.2, 0) is 9.47 Å². The molecule has 3 atom stereocenters. The SMILES string of the molecule is CC(C)(C)OC(=O)NC1[C@@H]2CC[C@H]1CN(c1cccnc1NC(=O)c1nc(-c3nc(N4CCOCC4)ccc3F)cnc1N)C2. The minimum atomic E-state index is -0.629. The molecular weight excluding hydrogens is 581 g/mol. The number of carbonyl (C=O) groups is 2. The highest BCUT2D eigenvalue weighted by molar-refractivity contribution is 6.06. The Labute approximate surface area is 260 Å². The largest absolute Gasteiger partial charge is 0.444 e. The van der Waals surface area contributed by atoms with Crippen molar-refractivity contribution in [3.63, 3.8) is 0 Å². The van der Waals surface area contributed by atoms with E-state index in [0.717, 1.165) is 18.5 Å². The number of nitrogens with two attached hydrogens (primary N) is 1. The van der Waals surface area contributed by atoms with Crippen LogP contribution in [-0.4, -0.2) is 83.0 Å². The third-order valence-electron chi connectivity index (χ3n) is 8.30. The fourth-order valence-corrected chi connectivity index (χ4v) is 6.27. The first-order valence-corrected chi connectivity index (χ1v) is 15.2. The van der Waals surface area contributed by atoms with Gasteiger partial charge in [-0.05, 0) is 69.7 Å². The number of amides is 2. The van der Waals surface area contributed by atoms with E-state index in [9.17, 15) is 14.0 Å². The van der Waals surface area contributed by atoms with Gasteiger partial charge >= 0.3 is 6.09 Å². The van der Waals surface area contributed by atoms with Gasteiger partial charge in [-0.3, -0.25) is 4.79 Å². The molecule has 2 saturated heterocycles. The van der Waals surface area contributed by atoms with Crippen LogP contribution < -0.4 is 26.2 Å². The molecule has 5 heterocycles. The lowest BCUT2D eigenvalue weighted by Crippen LogP contribution is -2.53. The van der Waals surface area contributed by atoms with Crippen molar-refractivity contribution in [1.82, 2.24) is 25.3 Å². The Morgan fingerprint density at radius 2 is 1.78 bits per heavy atom. The van der Waals surface area contributed by atoms with Crippen molar-refractivity contribution in [3.8, 4) is 11.4 Å². The summed E-state index contributed by atoms with van der Waals surface area (Å²) in [5.74, 6) is 0.0232. The summed E-state index contributed by atoms with van der Waals surface area (Å²) in [5, 5.41) is 5.93. The second-order valence-electron chi connectivity index (χ2n) is 12.6. The first-order valence-electron chi connectivity index (χ1n) is 15.2. The van der Waals surface area contributed by atoms with Crippen LogP contribution in [0.4, 0.5) is 32.3 Å². The predicted molar refractivity (Wildman–Crippen MR) is 166 cm³/mol. The summed E-state index contributed by atoms with van der Waals surface area (Å²) in [5.41, 5.74) is 6.14. The summed E-state index contributed by atoms with van der Waals surface area (Å²) >= 11 is 0. The number of hydrogen-bond donors (Lipinski definition) is 3. The Bertz CT molecular complexity index is 1560. The normalized spacial score (nSPS) is 21.4. The number of alkyl carbamates (subject to hydrolysis) is 1. The van der Waals surface area contributed by atoms with Crippen molar-refractivity contribution in [2.24, 2.45) is 11.8 Å². The molecule has 3 fully saturated rings. The number of nitrogen functional groups attached to an aromatic ring is 1. The van der Waals surface area contributed by atoms with E-state index in [-0.39, 0.29) is 40.8 Å². The molecule has 0 aromatic carbocycles. The number of halogens is 1. The van der Waals surface area contributed by atoms with E-state index in [2.05, 4.69) is 35.5 Å². The Morgan fingerprint density at radius 1 is 1.04 bits per heavy atom. The number of rotatable bonds is 6. The molecule has 2 amide bonds. The van der Waals surface area contributed by atoms with Crippen molar-refractivity contribution < 1.29 is 23.5 Å². The van der Waals surface area contributed by atoms with E-state index in [4.69, 9.17) is 15.2 Å². The average molecular weight is 620 g/mol. The highest BCUT2D eigenvalue weighted by Crippen LogP contribution is 2.40. The Hall–Kier alpha value is -4.59. The van der Waals surface area contributed by atoms with Gasteiger partial charge in [0, 0.05) is 38.4 Å². The third kappa shape index (κ3) is 6.75. The van der Waals surface area contributed by atoms with E-state index in [0.29, 0.717) is 51.0 Å². The molecule has 13 nitrogen and oxygen atoms in total. The van der Waals surface area contributed by atoms with Gasteiger partial charge in [-0.2, -0.15) is 0 Å². The molecule has 1 aliphatic carbocycles. The number of aromatic nitrogens is 4. The molecule has 0 spiro atoms. The van der Waals surface area contributed by atoms with Gasteiger partial charge in [-0.15, -0.1) is 0 Å². The van der Waals surface area contributed by atoms with E-state index in [1.54, 1.807) is 12.3 Å². The van der Waals surface area contributed by atoms with Crippen molar-refractivity contribution in [1.29, 1.82) is 0 Å². The molecule has 45 heavy (non-hydrogen) atoms. The molecule has 14 heteroatoms. The van der Waals surface area contributed by atoms with Gasteiger partial charge in [0.1, 0.15) is 22.8 Å². The lowest BCUT2D eigenvalue weighted by atomic mass is 9.92. The summed E-state index contributed by atoms with van der Waals surface area (Å²) in [6.45, 7) is 9.25. The van der Waals surface area contributed by atoms with Crippen molar-refractivity contribution >= 4 is 35.1 Å². The van der Waals surface area contributed by atoms with Crippen LogP contribution >= 0.6 is 0 Å². The van der Waals surface area contributed by atoms with Crippen molar-refractivity contribution in [2.45, 2.75) is 45.3 Å². The van der Waals surface area contributed by atoms with Crippen LogP contribution in [0.15, 0.2) is 36.7 Å². The molecule has 0 radical (unpaired) electrons. The smallest absolute Gasteiger partial charge is 0.407 e. The second kappa shape index (κ2) is 12.4. The lowest BCUT2D eigenvalue weighted by Gasteiger charge is -2.40. The molecule has 1 saturated carbocycles. The van der Waals surface area contributed by atoms with Crippen LogP contribution in [0.25, 0.3) is 11.4 Å². The molecule has 4 N–H and O–H groups in total. The number of nitrogens with zero attached hydrogens (tertiary/aromatic N) is 6. The maximum absolute atomic E-state index is 14.9. The highest BCUT2D eigenvalue weighted by Gasteiger charge is 2.44. The molecule has 3 aromatic rings. The summed E-state index contributed by atoms with van der Waals surface area (Å²) in [7, 11) is 0. The molecule has 2 aliphatic heterocycles. The molecular formula is C31H38FN9O4. The monoisotopic (exact) mass is 619 g/mol. The van der Waals surface area contributed by atoms with Gasteiger partial charge in [0.15, 0.2) is 23.1 Å². The quantitative estimate of drug-likeness (QED) is 0.371. The summed E-state index contributed by atoms with van der Waals surface area (Å²) in [6, 6.07) is 6.64. The van der Waals surface area contributed by atoms with Gasteiger partial charge in [0.05, 0.1) is 25.1 Å². The lowest BCUT2D eigenvalue weighted by molar-refractivity contribution is 0.0472. The number of pyridine rings is 2. The van der Waals surface area contributed by atoms with Crippen molar-refractivity contribution in [3.05, 3.63) is 48.2 Å². The second-order valence-corrected chi connectivity index (χ2v) is 12.6. The summed E-state index contributed by atoms with van der Waals surface area (Å²) in [6.07, 6.45) is 4.43. The first-order chi connectivity index (χ1) is 21.6. The molecule has 3 aromatic heterocycles. The number of ether oxygens (including phenoxy) is 2. The molecule has 1 unspecified atom stereocenters. The van der Waals surface area contributed by atoms with E-state index in [1.807, 2.05) is 37.8 Å². The summed E-state index contributed by atoms with van der Waals surface area (Å²) in [4.78, 5) is 47.7. The summed E-state index contributed by atoms with van der Waals surface area (Å²) < 4.78 is 25.8. The fourth-order valence-electron chi connectivity index (χ4n) is 6.27. The minimum Gasteiger partial charge on any atom is -0.444 e. The number of morpholine rings is 1. The van der Waals surface area contributed by atoms with Crippen LogP contribution in [0.1, 0.15) is 44.1 Å². The zero-order valence-corrected chi connectivity index (χ0v) is 25.6. The molecule has 238 valence electrons. The maximum Gasteiger partial charge on any atom is 0.407 e. The van der Waals surface area contributed by atoms with Gasteiger partial charge in [-0.25, -0.2) is 29.1 Å². The molecule has 3 aliphatic rings. The highest BCUT2D eigenvalue weighted by atomic mass is 19.1. The topological polar surface area (TPSA) is 161 Å². The fraction of sp³-hybridized carbons (Fsp3) is 0.484.